The Morgan fingerprint density at radius 2 is 2.45 bits per heavy atom. The second-order valence-corrected chi connectivity index (χ2v) is 5.75. The Kier molecular flexibility index (Phi) is 3.79. The quantitative estimate of drug-likeness (QED) is 0.930. The number of aliphatic carboxylic acids is 1. The Balaban J connectivity index is 1.79. The van der Waals surface area contributed by atoms with Gasteiger partial charge in [0.1, 0.15) is 6.04 Å². The maximum atomic E-state index is 11.6. The molecular formula is C13H16N4O2S. The number of hydrogen-bond acceptors (Lipinski definition) is 5. The van der Waals surface area contributed by atoms with E-state index < -0.39 is 12.0 Å². The molecule has 1 N–H and O–H groups in total. The zero-order chi connectivity index (χ0) is 13.9. The van der Waals surface area contributed by atoms with Crippen LogP contribution in [0.3, 0.4) is 0 Å². The molecule has 3 rings (SSSR count). The van der Waals surface area contributed by atoms with Gasteiger partial charge in [-0.15, -0.1) is 5.10 Å². The van der Waals surface area contributed by atoms with Gasteiger partial charge in [0.15, 0.2) is 0 Å². The third-order valence-corrected chi connectivity index (χ3v) is 4.40. The van der Waals surface area contributed by atoms with Gasteiger partial charge >= 0.3 is 5.97 Å². The lowest BCUT2D eigenvalue weighted by Gasteiger charge is -2.36. The molecule has 1 aliphatic rings. The molecule has 2 aromatic rings. The molecule has 106 valence electrons. The van der Waals surface area contributed by atoms with E-state index in [1.165, 1.54) is 11.3 Å². The molecular weight excluding hydrogens is 276 g/mol. The van der Waals surface area contributed by atoms with E-state index in [9.17, 15) is 9.90 Å². The minimum Gasteiger partial charge on any atom is -0.480 e. The third kappa shape index (κ3) is 2.59. The zero-order valence-corrected chi connectivity index (χ0v) is 11.7. The average Bonchev–Trinajstić information content (AvgIpc) is 3.12. The van der Waals surface area contributed by atoms with E-state index in [0.717, 1.165) is 24.9 Å². The molecule has 2 aromatic heterocycles. The van der Waals surface area contributed by atoms with Crippen LogP contribution in [0.25, 0.3) is 0 Å². The molecule has 2 atom stereocenters. The number of likely N-dealkylation sites (tertiary alicyclic amines) is 1. The molecule has 0 aliphatic carbocycles. The van der Waals surface area contributed by atoms with Crippen molar-refractivity contribution in [3.05, 3.63) is 34.8 Å². The van der Waals surface area contributed by atoms with E-state index >= 15 is 0 Å². The second-order valence-electron chi connectivity index (χ2n) is 4.97. The molecule has 6 nitrogen and oxygen atoms in total. The van der Waals surface area contributed by atoms with Crippen molar-refractivity contribution in [2.24, 2.45) is 0 Å². The van der Waals surface area contributed by atoms with Crippen LogP contribution in [0.4, 0.5) is 0 Å². The first-order chi connectivity index (χ1) is 9.75. The van der Waals surface area contributed by atoms with Crippen molar-refractivity contribution in [1.82, 2.24) is 19.9 Å². The maximum absolute atomic E-state index is 11.6. The summed E-state index contributed by atoms with van der Waals surface area (Å²) >= 11 is 1.53. The Hall–Kier alpha value is -1.73. The van der Waals surface area contributed by atoms with Crippen LogP contribution in [0.5, 0.6) is 0 Å². The van der Waals surface area contributed by atoms with E-state index in [1.807, 2.05) is 32.6 Å². The summed E-state index contributed by atoms with van der Waals surface area (Å²) in [4.78, 5) is 13.6. The monoisotopic (exact) mass is 292 g/mol. The zero-order valence-electron chi connectivity index (χ0n) is 10.9. The molecule has 0 spiro atoms. The summed E-state index contributed by atoms with van der Waals surface area (Å²) in [6.07, 6.45) is 5.48. The van der Waals surface area contributed by atoms with E-state index in [1.54, 1.807) is 6.20 Å². The predicted molar refractivity (Wildman–Crippen MR) is 74.6 cm³/mol. The summed E-state index contributed by atoms with van der Waals surface area (Å²) in [7, 11) is 0. The first-order valence-electron chi connectivity index (χ1n) is 6.60. The standard InChI is InChI=1S/C13H16N4O2S/c18-13(19)12(10-3-7-20-9-10)16-5-1-2-11(8-16)17-6-4-14-15-17/h3-4,6-7,9,11-12H,1-2,5,8H2,(H,18,19). The molecule has 20 heavy (non-hydrogen) atoms. The number of rotatable bonds is 4. The Morgan fingerprint density at radius 3 is 3.10 bits per heavy atom. The number of carboxylic acids is 1. The van der Waals surface area contributed by atoms with E-state index in [0.29, 0.717) is 6.54 Å². The minimum absolute atomic E-state index is 0.201. The highest BCUT2D eigenvalue weighted by Gasteiger charge is 2.32. The van der Waals surface area contributed by atoms with Crippen LogP contribution in [0.15, 0.2) is 29.2 Å². The van der Waals surface area contributed by atoms with Crippen molar-refractivity contribution in [3.8, 4) is 0 Å². The lowest BCUT2D eigenvalue weighted by atomic mass is 10.0. The number of aromatic nitrogens is 3. The van der Waals surface area contributed by atoms with Crippen LogP contribution in [0.1, 0.15) is 30.5 Å². The highest BCUT2D eigenvalue weighted by molar-refractivity contribution is 7.08. The molecule has 0 bridgehead atoms. The fourth-order valence-corrected chi connectivity index (χ4v) is 3.46. The van der Waals surface area contributed by atoms with Gasteiger partial charge in [-0.2, -0.15) is 11.3 Å². The minimum atomic E-state index is -0.789. The van der Waals surface area contributed by atoms with Gasteiger partial charge in [0.2, 0.25) is 0 Å². The largest absolute Gasteiger partial charge is 0.480 e. The van der Waals surface area contributed by atoms with Gasteiger partial charge < -0.3 is 5.11 Å². The lowest BCUT2D eigenvalue weighted by Crippen LogP contribution is -2.42. The fourth-order valence-electron chi connectivity index (χ4n) is 2.79. The smallest absolute Gasteiger partial charge is 0.325 e. The van der Waals surface area contributed by atoms with Gasteiger partial charge in [0.25, 0.3) is 0 Å². The number of thiophene rings is 1. The van der Waals surface area contributed by atoms with Crippen molar-refractivity contribution in [3.63, 3.8) is 0 Å². The van der Waals surface area contributed by atoms with E-state index in [4.69, 9.17) is 0 Å². The first kappa shape index (κ1) is 13.3. The first-order valence-corrected chi connectivity index (χ1v) is 7.55. The summed E-state index contributed by atoms with van der Waals surface area (Å²) in [6.45, 7) is 1.49. The van der Waals surface area contributed by atoms with Crippen LogP contribution in [-0.2, 0) is 4.79 Å². The molecule has 1 aliphatic heterocycles. The second kappa shape index (κ2) is 5.72. The van der Waals surface area contributed by atoms with Crippen LogP contribution in [0.2, 0.25) is 0 Å². The number of carboxylic acid groups (broad SMARTS) is 1. The molecule has 2 unspecified atom stereocenters. The predicted octanol–water partition coefficient (Wildman–Crippen LogP) is 1.80. The van der Waals surface area contributed by atoms with Crippen molar-refractivity contribution < 1.29 is 9.90 Å². The molecule has 3 heterocycles. The fraction of sp³-hybridized carbons (Fsp3) is 0.462. The molecule has 0 radical (unpaired) electrons. The lowest BCUT2D eigenvalue weighted by molar-refractivity contribution is -0.144. The number of nitrogens with zero attached hydrogens (tertiary/aromatic N) is 4. The summed E-state index contributed by atoms with van der Waals surface area (Å²) < 4.78 is 1.83. The summed E-state index contributed by atoms with van der Waals surface area (Å²) in [5.41, 5.74) is 0.863. The van der Waals surface area contributed by atoms with E-state index in [-0.39, 0.29) is 6.04 Å². The molecule has 0 aromatic carbocycles. The Bertz CT molecular complexity index is 555. The van der Waals surface area contributed by atoms with Gasteiger partial charge in [0.05, 0.1) is 12.2 Å². The normalized spacial score (nSPS) is 21.7. The topological polar surface area (TPSA) is 71.2 Å². The van der Waals surface area contributed by atoms with Crippen LogP contribution in [-0.4, -0.2) is 44.1 Å². The Morgan fingerprint density at radius 1 is 1.55 bits per heavy atom. The highest BCUT2D eigenvalue weighted by atomic mass is 32.1. The van der Waals surface area contributed by atoms with Crippen LogP contribution < -0.4 is 0 Å². The maximum Gasteiger partial charge on any atom is 0.325 e. The molecule has 1 fully saturated rings. The van der Waals surface area contributed by atoms with Crippen LogP contribution in [0, 0.1) is 0 Å². The van der Waals surface area contributed by atoms with Gasteiger partial charge in [-0.05, 0) is 41.8 Å². The molecule has 0 saturated carbocycles. The van der Waals surface area contributed by atoms with Gasteiger partial charge in [-0.1, -0.05) is 5.21 Å². The van der Waals surface area contributed by atoms with Crippen molar-refractivity contribution in [2.45, 2.75) is 24.9 Å². The SMILES string of the molecule is O=C(O)C(c1ccsc1)N1CCCC(n2ccnn2)C1. The van der Waals surface area contributed by atoms with Crippen molar-refractivity contribution in [2.75, 3.05) is 13.1 Å². The van der Waals surface area contributed by atoms with Gasteiger partial charge in [0, 0.05) is 12.7 Å². The van der Waals surface area contributed by atoms with Crippen molar-refractivity contribution in [1.29, 1.82) is 0 Å². The van der Waals surface area contributed by atoms with Crippen molar-refractivity contribution >= 4 is 17.3 Å². The summed E-state index contributed by atoms with van der Waals surface area (Å²) in [5.74, 6) is -0.789. The number of carbonyl (C=O) groups is 1. The summed E-state index contributed by atoms with van der Waals surface area (Å²) in [5, 5.41) is 21.2. The van der Waals surface area contributed by atoms with Crippen LogP contribution >= 0.6 is 11.3 Å². The average molecular weight is 292 g/mol. The number of hydrogen-bond donors (Lipinski definition) is 1. The molecule has 7 heteroatoms. The molecule has 1 saturated heterocycles. The van der Waals surface area contributed by atoms with E-state index in [2.05, 4.69) is 10.3 Å². The van der Waals surface area contributed by atoms with Gasteiger partial charge in [-0.25, -0.2) is 4.68 Å². The highest BCUT2D eigenvalue weighted by Crippen LogP contribution is 2.30. The summed E-state index contributed by atoms with van der Waals surface area (Å²) in [6, 6.07) is 1.53. The third-order valence-electron chi connectivity index (χ3n) is 3.70. The number of piperidine rings is 1. The molecule has 0 amide bonds. The van der Waals surface area contributed by atoms with Gasteiger partial charge in [-0.3, -0.25) is 9.69 Å². The Labute approximate surface area is 120 Å².